The van der Waals surface area contributed by atoms with E-state index in [0.717, 1.165) is 41.5 Å². The van der Waals surface area contributed by atoms with E-state index < -0.39 is 104 Å². The molecule has 0 radical (unpaired) electrons. The molecule has 2 heterocycles. The molecule has 2 fully saturated rings. The molecule has 0 aromatic carbocycles. The van der Waals surface area contributed by atoms with E-state index in [1.165, 1.54) is 6.92 Å². The van der Waals surface area contributed by atoms with E-state index in [9.17, 15) is 33.9 Å². The van der Waals surface area contributed by atoms with Crippen LogP contribution in [0.3, 0.4) is 0 Å². The van der Waals surface area contributed by atoms with Gasteiger partial charge in [0, 0.05) is 41.5 Å². The van der Waals surface area contributed by atoms with Crippen LogP contribution in [0.4, 0.5) is 0 Å². The Kier molecular flexibility index (Phi) is 11.8. The summed E-state index contributed by atoms with van der Waals surface area (Å²) in [5.41, 5.74) is 0. The largest absolute Gasteiger partial charge is 0.456 e. The molecular formula is C24H34O16. The van der Waals surface area contributed by atoms with Crippen molar-refractivity contribution < 1.29 is 76.5 Å². The molecule has 2 saturated heterocycles. The zero-order valence-electron chi connectivity index (χ0n) is 23.1. The molecule has 0 unspecified atom stereocenters. The Labute approximate surface area is 229 Å². The normalized spacial score (nSPS) is 33.6. The fourth-order valence-corrected chi connectivity index (χ4v) is 4.30. The maximum atomic E-state index is 11.9. The van der Waals surface area contributed by atoms with Gasteiger partial charge in [0.25, 0.3) is 0 Å². The fraction of sp³-hybridized carbons (Fsp3) is 0.750. The summed E-state index contributed by atoms with van der Waals surface area (Å²) >= 11 is 0. The van der Waals surface area contributed by atoms with Crippen LogP contribution in [-0.4, -0.2) is 109 Å². The maximum absolute atomic E-state index is 11.9. The highest BCUT2D eigenvalue weighted by atomic mass is 16.7. The molecule has 0 aliphatic carbocycles. The van der Waals surface area contributed by atoms with Crippen LogP contribution in [0.5, 0.6) is 0 Å². The smallest absolute Gasteiger partial charge is 0.303 e. The number of hydrogen-bond acceptors (Lipinski definition) is 16. The maximum Gasteiger partial charge on any atom is 0.303 e. The van der Waals surface area contributed by atoms with E-state index in [4.69, 9.17) is 42.6 Å². The van der Waals surface area contributed by atoms with Gasteiger partial charge in [0.2, 0.25) is 0 Å². The summed E-state index contributed by atoms with van der Waals surface area (Å²) in [7, 11) is 0. The van der Waals surface area contributed by atoms with E-state index in [0.29, 0.717) is 0 Å². The molecule has 0 amide bonds. The fourth-order valence-electron chi connectivity index (χ4n) is 4.30. The first-order valence-electron chi connectivity index (χ1n) is 12.2. The minimum absolute atomic E-state index is 0.542. The number of ether oxygens (including phenoxy) is 9. The monoisotopic (exact) mass is 578 g/mol. The Bertz CT molecular complexity index is 889. The van der Waals surface area contributed by atoms with Crippen LogP contribution in [-0.2, 0) is 71.4 Å². The van der Waals surface area contributed by atoms with Crippen LogP contribution in [0.1, 0.15) is 48.5 Å². The Morgan fingerprint density at radius 1 is 0.550 bits per heavy atom. The van der Waals surface area contributed by atoms with Crippen LogP contribution in [0.2, 0.25) is 0 Å². The van der Waals surface area contributed by atoms with Crippen LogP contribution >= 0.6 is 0 Å². The quantitative estimate of drug-likeness (QED) is 0.259. The molecule has 226 valence electrons. The third kappa shape index (κ3) is 9.11. The number of carbonyl (C=O) groups excluding carboxylic acids is 6. The Morgan fingerprint density at radius 3 is 1.40 bits per heavy atom. The van der Waals surface area contributed by atoms with Crippen molar-refractivity contribution in [2.24, 2.45) is 0 Å². The number of esters is 6. The zero-order chi connectivity index (χ0) is 30.3. The van der Waals surface area contributed by atoms with Crippen LogP contribution in [0, 0.1) is 0 Å². The van der Waals surface area contributed by atoms with Gasteiger partial charge in [0.15, 0.2) is 49.2 Å². The first-order chi connectivity index (χ1) is 18.6. The highest BCUT2D eigenvalue weighted by Crippen LogP contribution is 2.32. The summed E-state index contributed by atoms with van der Waals surface area (Å²) in [4.78, 5) is 70.7. The summed E-state index contributed by atoms with van der Waals surface area (Å²) in [6, 6.07) is 0. The third-order valence-corrected chi connectivity index (χ3v) is 5.57. The molecule has 2 aliphatic heterocycles. The lowest BCUT2D eigenvalue weighted by Crippen LogP contribution is -2.64. The number of rotatable bonds is 9. The standard InChI is InChI=1S/C24H34O16/c1-9-17(34-10(2)25)19(36-12(4)27)22(39-15(7)30)24(33-9)32-8-16-18(35-11(3)26)20(37-13(5)28)21(23(31)40-16)38-14(6)29/h9,16-24,31H,8H2,1-7H3/t9-,16+,17-,18+,19+,20-,21-,22+,23+,24+/m0/s1. The number of aliphatic hydroxyl groups is 1. The van der Waals surface area contributed by atoms with E-state index in [1.807, 2.05) is 0 Å². The second kappa shape index (κ2) is 14.3. The Hall–Kier alpha value is -3.34. The number of hydrogen-bond donors (Lipinski definition) is 1. The van der Waals surface area contributed by atoms with Gasteiger partial charge in [-0.1, -0.05) is 0 Å². The van der Waals surface area contributed by atoms with Crippen molar-refractivity contribution in [3.63, 3.8) is 0 Å². The summed E-state index contributed by atoms with van der Waals surface area (Å²) in [5, 5.41) is 10.5. The van der Waals surface area contributed by atoms with Crippen LogP contribution in [0.25, 0.3) is 0 Å². The number of carbonyl (C=O) groups is 6. The average Bonchev–Trinajstić information content (AvgIpc) is 2.79. The van der Waals surface area contributed by atoms with Gasteiger partial charge in [-0.25, -0.2) is 0 Å². The molecule has 0 spiro atoms. The van der Waals surface area contributed by atoms with E-state index in [1.54, 1.807) is 0 Å². The molecule has 0 bridgehead atoms. The first kappa shape index (κ1) is 32.9. The van der Waals surface area contributed by atoms with E-state index in [2.05, 4.69) is 0 Å². The van der Waals surface area contributed by atoms with Gasteiger partial charge in [0.05, 0.1) is 12.7 Å². The topological polar surface area (TPSA) is 206 Å². The predicted octanol–water partition coefficient (Wildman–Crippen LogP) is -0.945. The summed E-state index contributed by atoms with van der Waals surface area (Å²) < 4.78 is 48.5. The Morgan fingerprint density at radius 2 is 0.925 bits per heavy atom. The minimum Gasteiger partial charge on any atom is -0.456 e. The molecule has 2 rings (SSSR count). The Balaban J connectivity index is 2.38. The van der Waals surface area contributed by atoms with Crippen molar-refractivity contribution in [1.82, 2.24) is 0 Å². The van der Waals surface area contributed by atoms with Gasteiger partial charge in [-0.05, 0) is 6.92 Å². The second-order valence-electron chi connectivity index (χ2n) is 9.05. The second-order valence-corrected chi connectivity index (χ2v) is 9.05. The molecule has 10 atom stereocenters. The van der Waals surface area contributed by atoms with Gasteiger partial charge >= 0.3 is 35.8 Å². The van der Waals surface area contributed by atoms with Gasteiger partial charge in [0.1, 0.15) is 6.10 Å². The summed E-state index contributed by atoms with van der Waals surface area (Å²) in [5.74, 6) is -4.81. The summed E-state index contributed by atoms with van der Waals surface area (Å²) in [6.45, 7) is 7.43. The molecule has 0 saturated carbocycles. The minimum atomic E-state index is -1.84. The molecule has 16 heteroatoms. The van der Waals surface area contributed by atoms with Gasteiger partial charge in [-0.15, -0.1) is 0 Å². The van der Waals surface area contributed by atoms with Gasteiger partial charge in [-0.2, -0.15) is 0 Å². The average molecular weight is 579 g/mol. The number of aliphatic hydroxyl groups excluding tert-OH is 1. The lowest BCUT2D eigenvalue weighted by atomic mass is 9.97. The van der Waals surface area contributed by atoms with Gasteiger partial charge < -0.3 is 47.7 Å². The van der Waals surface area contributed by atoms with Crippen molar-refractivity contribution in [2.45, 2.75) is 110 Å². The first-order valence-corrected chi connectivity index (χ1v) is 12.2. The van der Waals surface area contributed by atoms with Crippen LogP contribution in [0.15, 0.2) is 0 Å². The zero-order valence-corrected chi connectivity index (χ0v) is 23.1. The lowest BCUT2D eigenvalue weighted by Gasteiger charge is -2.45. The SMILES string of the molecule is CC(=O)O[C@@H]1[C@@H](OC(C)=O)[C@H](C)O[C@@H](OC[C@H]2O[C@@H](O)[C@@H](OC(C)=O)[C@@H](OC(C)=O)[C@@H]2OC(C)=O)[C@@H]1OC(C)=O. The highest BCUT2D eigenvalue weighted by Gasteiger charge is 2.54. The molecule has 0 aromatic heterocycles. The molecular weight excluding hydrogens is 544 g/mol. The summed E-state index contributed by atoms with van der Waals surface area (Å²) in [6.07, 6.45) is -14.0. The lowest BCUT2D eigenvalue weighted by molar-refractivity contribution is -0.326. The van der Waals surface area contributed by atoms with Crippen molar-refractivity contribution in [3.8, 4) is 0 Å². The molecule has 40 heavy (non-hydrogen) atoms. The third-order valence-electron chi connectivity index (χ3n) is 5.57. The van der Waals surface area contributed by atoms with Gasteiger partial charge in [-0.3, -0.25) is 28.8 Å². The molecule has 0 aromatic rings. The molecule has 2 aliphatic rings. The van der Waals surface area contributed by atoms with Crippen LogP contribution < -0.4 is 0 Å². The van der Waals surface area contributed by atoms with E-state index in [-0.39, 0.29) is 0 Å². The van der Waals surface area contributed by atoms with Crippen molar-refractivity contribution >= 4 is 35.8 Å². The molecule has 1 N–H and O–H groups in total. The van der Waals surface area contributed by atoms with Crippen molar-refractivity contribution in [2.75, 3.05) is 6.61 Å². The molecule has 16 nitrogen and oxygen atoms in total. The predicted molar refractivity (Wildman–Crippen MR) is 124 cm³/mol. The highest BCUT2D eigenvalue weighted by molar-refractivity contribution is 5.69. The van der Waals surface area contributed by atoms with E-state index >= 15 is 0 Å². The van der Waals surface area contributed by atoms with Crippen molar-refractivity contribution in [1.29, 1.82) is 0 Å². The van der Waals surface area contributed by atoms with Crippen molar-refractivity contribution in [3.05, 3.63) is 0 Å².